The molecule has 1 aromatic carbocycles. The molecule has 1 amide bonds. The number of nitrogens with two attached hydrogens (primary N) is 1. The zero-order valence-corrected chi connectivity index (χ0v) is 9.77. The smallest absolute Gasteiger partial charge is 0.258 e. The molecule has 4 nitrogen and oxygen atoms in total. The lowest BCUT2D eigenvalue weighted by atomic mass is 10.1. The van der Waals surface area contributed by atoms with Gasteiger partial charge in [-0.15, -0.1) is 6.42 Å². The summed E-state index contributed by atoms with van der Waals surface area (Å²) in [6.07, 6.45) is 5.01. The van der Waals surface area contributed by atoms with Crippen LogP contribution in [0.3, 0.4) is 0 Å². The number of carbonyl (C=O) groups is 1. The fourth-order valence-electron chi connectivity index (χ4n) is 1.22. The number of ether oxygens (including phenoxy) is 1. The van der Waals surface area contributed by atoms with Crippen molar-refractivity contribution in [3.05, 3.63) is 29.8 Å². The summed E-state index contributed by atoms with van der Waals surface area (Å²) >= 11 is 0. The minimum absolute atomic E-state index is 0.0111. The number of carbonyl (C=O) groups excluding carboxylic acids is 1. The molecule has 90 valence electrons. The average Bonchev–Trinajstić information content (AvgIpc) is 2.34. The molecule has 0 aromatic heterocycles. The summed E-state index contributed by atoms with van der Waals surface area (Å²) in [5, 5.41) is 2.51. The van der Waals surface area contributed by atoms with E-state index >= 15 is 0 Å². The minimum Gasteiger partial charge on any atom is -0.484 e. The third-order valence-corrected chi connectivity index (χ3v) is 2.16. The summed E-state index contributed by atoms with van der Waals surface area (Å²) < 4.78 is 5.28. The van der Waals surface area contributed by atoms with Crippen molar-refractivity contribution in [3.8, 4) is 18.1 Å². The van der Waals surface area contributed by atoms with Gasteiger partial charge in [-0.2, -0.15) is 0 Å². The van der Waals surface area contributed by atoms with Gasteiger partial charge in [-0.1, -0.05) is 18.1 Å². The number of hydrogen-bond donors (Lipinski definition) is 2. The second-order valence-electron chi connectivity index (χ2n) is 3.63. The minimum atomic E-state index is -0.237. The van der Waals surface area contributed by atoms with E-state index in [4.69, 9.17) is 16.9 Å². The molecule has 0 saturated carbocycles. The molecule has 17 heavy (non-hydrogen) atoms. The Morgan fingerprint density at radius 3 is 2.71 bits per heavy atom. The van der Waals surface area contributed by atoms with Gasteiger partial charge in [-0.25, -0.2) is 0 Å². The normalized spacial score (nSPS) is 11.4. The van der Waals surface area contributed by atoms with E-state index in [1.807, 2.05) is 19.1 Å². The van der Waals surface area contributed by atoms with E-state index in [2.05, 4.69) is 11.2 Å². The van der Waals surface area contributed by atoms with Gasteiger partial charge in [-0.05, 0) is 24.6 Å². The number of nitrogens with one attached hydrogen (secondary N) is 1. The molecule has 0 radical (unpaired) electrons. The molecule has 0 heterocycles. The van der Waals surface area contributed by atoms with Crippen molar-refractivity contribution in [2.24, 2.45) is 5.73 Å². The Balaban J connectivity index is 2.42. The first kappa shape index (κ1) is 13.1. The van der Waals surface area contributed by atoms with E-state index in [1.165, 1.54) is 0 Å². The highest BCUT2D eigenvalue weighted by Crippen LogP contribution is 2.15. The number of amides is 1. The van der Waals surface area contributed by atoms with Crippen molar-refractivity contribution < 1.29 is 9.53 Å². The summed E-state index contributed by atoms with van der Waals surface area (Å²) in [6.45, 7) is 2.08. The fraction of sp³-hybridized carbons (Fsp3) is 0.308. The van der Waals surface area contributed by atoms with Gasteiger partial charge in [0.1, 0.15) is 5.75 Å². The van der Waals surface area contributed by atoms with Crippen molar-refractivity contribution in [1.29, 1.82) is 0 Å². The van der Waals surface area contributed by atoms with Gasteiger partial charge in [0.15, 0.2) is 6.61 Å². The molecular formula is C13H16N2O2. The van der Waals surface area contributed by atoms with Crippen molar-refractivity contribution >= 4 is 5.91 Å². The van der Waals surface area contributed by atoms with Crippen LogP contribution < -0.4 is 15.8 Å². The average molecular weight is 232 g/mol. The van der Waals surface area contributed by atoms with E-state index in [1.54, 1.807) is 12.1 Å². The van der Waals surface area contributed by atoms with Crippen LogP contribution in [0.1, 0.15) is 18.5 Å². The maximum Gasteiger partial charge on any atom is 0.258 e. The standard InChI is InChI=1S/C13H16N2O2/c1-3-8-15-13(16)9-17-12-6-4-11(5-7-12)10(2)14/h1,4-7,10H,8-9,14H2,2H3,(H,15,16)/t10-/m0/s1. The van der Waals surface area contributed by atoms with Crippen molar-refractivity contribution in [2.45, 2.75) is 13.0 Å². The quantitative estimate of drug-likeness (QED) is 0.739. The first-order valence-electron chi connectivity index (χ1n) is 5.32. The van der Waals surface area contributed by atoms with Crippen molar-refractivity contribution in [2.75, 3.05) is 13.2 Å². The Morgan fingerprint density at radius 2 is 2.18 bits per heavy atom. The zero-order valence-electron chi connectivity index (χ0n) is 9.77. The largest absolute Gasteiger partial charge is 0.484 e. The molecule has 0 fully saturated rings. The molecule has 0 aliphatic rings. The molecule has 0 saturated heterocycles. The molecule has 0 unspecified atom stereocenters. The van der Waals surface area contributed by atoms with Gasteiger partial charge in [0.2, 0.25) is 0 Å². The lowest BCUT2D eigenvalue weighted by Gasteiger charge is -2.08. The summed E-state index contributed by atoms with van der Waals surface area (Å²) in [5.41, 5.74) is 6.74. The van der Waals surface area contributed by atoms with E-state index in [9.17, 15) is 4.79 Å². The number of hydrogen-bond acceptors (Lipinski definition) is 3. The summed E-state index contributed by atoms with van der Waals surface area (Å²) in [5.74, 6) is 2.71. The number of benzene rings is 1. The summed E-state index contributed by atoms with van der Waals surface area (Å²) in [4.78, 5) is 11.2. The fourth-order valence-corrected chi connectivity index (χ4v) is 1.22. The summed E-state index contributed by atoms with van der Waals surface area (Å²) in [7, 11) is 0. The van der Waals surface area contributed by atoms with Crippen LogP contribution in [0.15, 0.2) is 24.3 Å². The second kappa shape index (κ2) is 6.56. The van der Waals surface area contributed by atoms with Crippen molar-refractivity contribution in [3.63, 3.8) is 0 Å². The lowest BCUT2D eigenvalue weighted by molar-refractivity contribution is -0.122. The van der Waals surface area contributed by atoms with Crippen LogP contribution in [0.4, 0.5) is 0 Å². The SMILES string of the molecule is C#CCNC(=O)COc1ccc([C@H](C)N)cc1. The Kier molecular flexibility index (Phi) is 5.05. The molecule has 0 spiro atoms. The Labute approximate surface area is 101 Å². The predicted octanol–water partition coefficient (Wildman–Crippen LogP) is 0.834. The second-order valence-corrected chi connectivity index (χ2v) is 3.63. The zero-order chi connectivity index (χ0) is 12.7. The molecule has 0 aliphatic carbocycles. The molecule has 0 bridgehead atoms. The van der Waals surface area contributed by atoms with Crippen LogP contribution in [0.5, 0.6) is 5.75 Å². The number of rotatable bonds is 5. The van der Waals surface area contributed by atoms with E-state index in [0.29, 0.717) is 5.75 Å². The van der Waals surface area contributed by atoms with Crippen LogP contribution in [-0.4, -0.2) is 19.1 Å². The van der Waals surface area contributed by atoms with Gasteiger partial charge in [0.25, 0.3) is 5.91 Å². The van der Waals surface area contributed by atoms with E-state index < -0.39 is 0 Å². The Hall–Kier alpha value is -1.99. The van der Waals surface area contributed by atoms with Gasteiger partial charge in [0, 0.05) is 6.04 Å². The van der Waals surface area contributed by atoms with Crippen LogP contribution >= 0.6 is 0 Å². The van der Waals surface area contributed by atoms with Gasteiger partial charge in [0.05, 0.1) is 6.54 Å². The van der Waals surface area contributed by atoms with E-state index in [0.717, 1.165) is 5.56 Å². The maximum absolute atomic E-state index is 11.2. The highest BCUT2D eigenvalue weighted by molar-refractivity contribution is 5.77. The van der Waals surface area contributed by atoms with Gasteiger partial charge < -0.3 is 15.8 Å². The third kappa shape index (κ3) is 4.58. The van der Waals surface area contributed by atoms with E-state index in [-0.39, 0.29) is 25.1 Å². The van der Waals surface area contributed by atoms with Crippen LogP contribution in [0.25, 0.3) is 0 Å². The van der Waals surface area contributed by atoms with Crippen LogP contribution in [-0.2, 0) is 4.79 Å². The molecule has 1 rings (SSSR count). The first-order chi connectivity index (χ1) is 8.13. The molecule has 1 aromatic rings. The molecule has 3 N–H and O–H groups in total. The van der Waals surface area contributed by atoms with Crippen LogP contribution in [0.2, 0.25) is 0 Å². The van der Waals surface area contributed by atoms with Crippen molar-refractivity contribution in [1.82, 2.24) is 5.32 Å². The molecule has 1 atom stereocenters. The van der Waals surface area contributed by atoms with Crippen LogP contribution in [0, 0.1) is 12.3 Å². The summed E-state index contributed by atoms with van der Waals surface area (Å²) in [6, 6.07) is 7.31. The highest BCUT2D eigenvalue weighted by Gasteiger charge is 2.02. The monoisotopic (exact) mass is 232 g/mol. The highest BCUT2D eigenvalue weighted by atomic mass is 16.5. The molecule has 0 aliphatic heterocycles. The topological polar surface area (TPSA) is 64.3 Å². The predicted molar refractivity (Wildman–Crippen MR) is 66.4 cm³/mol. The Morgan fingerprint density at radius 1 is 1.53 bits per heavy atom. The lowest BCUT2D eigenvalue weighted by Crippen LogP contribution is -2.29. The van der Waals surface area contributed by atoms with Gasteiger partial charge >= 0.3 is 0 Å². The third-order valence-electron chi connectivity index (χ3n) is 2.16. The van der Waals surface area contributed by atoms with Gasteiger partial charge in [-0.3, -0.25) is 4.79 Å². The molecule has 4 heteroatoms. The Bertz CT molecular complexity index is 404. The molecular weight excluding hydrogens is 216 g/mol. The first-order valence-corrected chi connectivity index (χ1v) is 5.32. The maximum atomic E-state index is 11.2. The number of terminal acetylenes is 1.